The smallest absolute Gasteiger partial charge is 0.144 e. The second-order valence-corrected chi connectivity index (χ2v) is 12.4. The molecule has 0 radical (unpaired) electrons. The molecule has 2 aliphatic heterocycles. The fourth-order valence-corrected chi connectivity index (χ4v) is 8.17. The molecule has 0 saturated heterocycles. The molecule has 3 aliphatic rings. The standard InChI is InChI=1S/C38H58O2/c1-9-17-25-26(18-10-2)30(22-14-6)34-33(29(25)21-13-5)37-35-31(23-15-7)27(19-11-3)28(20-12-4)32(24-16-8)36(35)38(34)40-39-37/h37-38H,9-24H2,1-8H3. The molecule has 0 spiro atoms. The van der Waals surface area contributed by atoms with E-state index in [0.717, 1.165) is 25.7 Å². The monoisotopic (exact) mass is 546 g/mol. The van der Waals surface area contributed by atoms with Crippen molar-refractivity contribution in [2.45, 2.75) is 170 Å². The molecular weight excluding hydrogens is 488 g/mol. The van der Waals surface area contributed by atoms with Crippen LogP contribution in [0.1, 0.15) is 186 Å². The van der Waals surface area contributed by atoms with Crippen LogP contribution in [-0.2, 0) is 61.1 Å². The quantitative estimate of drug-likeness (QED) is 0.195. The third-order valence-corrected chi connectivity index (χ3v) is 9.36. The molecule has 0 saturated carbocycles. The van der Waals surface area contributed by atoms with Crippen LogP contribution in [0.3, 0.4) is 0 Å². The predicted molar refractivity (Wildman–Crippen MR) is 171 cm³/mol. The van der Waals surface area contributed by atoms with Gasteiger partial charge in [-0.1, -0.05) is 107 Å². The summed E-state index contributed by atoms with van der Waals surface area (Å²) >= 11 is 0. The third-order valence-electron chi connectivity index (χ3n) is 9.36. The largest absolute Gasteiger partial charge is 0.223 e. The lowest BCUT2D eigenvalue weighted by Crippen LogP contribution is -2.35. The summed E-state index contributed by atoms with van der Waals surface area (Å²) in [6, 6.07) is 0. The molecule has 1 aliphatic carbocycles. The van der Waals surface area contributed by atoms with Crippen molar-refractivity contribution in [3.05, 3.63) is 66.8 Å². The Hall–Kier alpha value is -1.64. The van der Waals surface area contributed by atoms with E-state index in [-0.39, 0.29) is 12.2 Å². The van der Waals surface area contributed by atoms with Gasteiger partial charge in [0.25, 0.3) is 0 Å². The fourth-order valence-electron chi connectivity index (χ4n) is 8.17. The first-order valence-corrected chi connectivity index (χ1v) is 17.3. The number of benzene rings is 2. The lowest BCUT2D eigenvalue weighted by molar-refractivity contribution is -0.361. The van der Waals surface area contributed by atoms with Crippen molar-refractivity contribution in [2.24, 2.45) is 0 Å². The second-order valence-electron chi connectivity index (χ2n) is 12.4. The van der Waals surface area contributed by atoms with Gasteiger partial charge in [-0.05, 0) is 118 Å². The molecule has 0 fully saturated rings. The Morgan fingerprint density at radius 1 is 0.300 bits per heavy atom. The molecule has 2 aromatic rings. The van der Waals surface area contributed by atoms with Gasteiger partial charge in [-0.2, -0.15) is 0 Å². The van der Waals surface area contributed by atoms with E-state index in [0.29, 0.717) is 0 Å². The van der Waals surface area contributed by atoms with Gasteiger partial charge in [0.1, 0.15) is 12.2 Å². The molecule has 2 aromatic carbocycles. The van der Waals surface area contributed by atoms with Gasteiger partial charge in [0.2, 0.25) is 0 Å². The summed E-state index contributed by atoms with van der Waals surface area (Å²) in [4.78, 5) is 13.1. The van der Waals surface area contributed by atoms with E-state index in [2.05, 4.69) is 55.4 Å². The molecule has 0 amide bonds. The highest BCUT2D eigenvalue weighted by Crippen LogP contribution is 2.57. The fraction of sp³-hybridized carbons (Fsp3) is 0.684. The number of fused-ring (bicyclic) bond motifs is 1. The third kappa shape index (κ3) is 5.45. The maximum Gasteiger partial charge on any atom is 0.144 e. The van der Waals surface area contributed by atoms with Crippen LogP contribution in [-0.4, -0.2) is 0 Å². The maximum atomic E-state index is 6.54. The molecule has 40 heavy (non-hydrogen) atoms. The van der Waals surface area contributed by atoms with Gasteiger partial charge in [0.15, 0.2) is 0 Å². The van der Waals surface area contributed by atoms with E-state index in [4.69, 9.17) is 9.78 Å². The normalized spacial score (nSPS) is 17.4. The van der Waals surface area contributed by atoms with Crippen LogP contribution in [0, 0.1) is 0 Å². The summed E-state index contributed by atoms with van der Waals surface area (Å²) < 4.78 is 0. The summed E-state index contributed by atoms with van der Waals surface area (Å²) in [7, 11) is 0. The van der Waals surface area contributed by atoms with E-state index in [1.54, 1.807) is 44.5 Å². The number of rotatable bonds is 16. The van der Waals surface area contributed by atoms with Gasteiger partial charge in [-0.25, -0.2) is 9.78 Å². The van der Waals surface area contributed by atoms with E-state index in [1.807, 2.05) is 0 Å². The van der Waals surface area contributed by atoms with Gasteiger partial charge in [0.05, 0.1) is 0 Å². The van der Waals surface area contributed by atoms with Crippen molar-refractivity contribution < 1.29 is 9.78 Å². The summed E-state index contributed by atoms with van der Waals surface area (Å²) in [5.74, 6) is 0. The van der Waals surface area contributed by atoms with Crippen LogP contribution >= 0.6 is 0 Å². The Bertz CT molecular complexity index is 980. The van der Waals surface area contributed by atoms with Gasteiger partial charge in [0, 0.05) is 0 Å². The summed E-state index contributed by atoms with van der Waals surface area (Å²) in [5, 5.41) is 0. The van der Waals surface area contributed by atoms with E-state index < -0.39 is 0 Å². The van der Waals surface area contributed by atoms with E-state index in [1.165, 1.54) is 99.3 Å². The molecule has 2 heteroatoms. The van der Waals surface area contributed by atoms with Gasteiger partial charge in [-0.15, -0.1) is 0 Å². The Balaban J connectivity index is 2.17. The van der Waals surface area contributed by atoms with Crippen molar-refractivity contribution in [1.29, 1.82) is 0 Å². The molecule has 222 valence electrons. The lowest BCUT2D eigenvalue weighted by Gasteiger charge is -2.45. The van der Waals surface area contributed by atoms with Gasteiger partial charge < -0.3 is 0 Å². The van der Waals surface area contributed by atoms with Crippen LogP contribution < -0.4 is 0 Å². The zero-order valence-corrected chi connectivity index (χ0v) is 27.3. The van der Waals surface area contributed by atoms with Crippen LogP contribution in [0.15, 0.2) is 0 Å². The van der Waals surface area contributed by atoms with Crippen molar-refractivity contribution in [3.63, 3.8) is 0 Å². The van der Waals surface area contributed by atoms with E-state index in [9.17, 15) is 0 Å². The summed E-state index contributed by atoms with van der Waals surface area (Å²) in [5.41, 5.74) is 19.2. The maximum absolute atomic E-state index is 6.54. The minimum atomic E-state index is -0.0816. The highest BCUT2D eigenvalue weighted by molar-refractivity contribution is 5.67. The van der Waals surface area contributed by atoms with Crippen LogP contribution in [0.2, 0.25) is 0 Å². The zero-order valence-electron chi connectivity index (χ0n) is 27.3. The second kappa shape index (κ2) is 14.5. The van der Waals surface area contributed by atoms with Crippen molar-refractivity contribution >= 4 is 0 Å². The highest BCUT2D eigenvalue weighted by atomic mass is 17.2. The molecule has 5 rings (SSSR count). The topological polar surface area (TPSA) is 18.5 Å². The first-order valence-electron chi connectivity index (χ1n) is 17.3. The van der Waals surface area contributed by atoms with Gasteiger partial charge in [-0.3, -0.25) is 0 Å². The minimum absolute atomic E-state index is 0.0816. The Labute approximate surface area is 246 Å². The molecular formula is C38H58O2. The van der Waals surface area contributed by atoms with Crippen molar-refractivity contribution in [3.8, 4) is 0 Å². The van der Waals surface area contributed by atoms with Crippen LogP contribution in [0.5, 0.6) is 0 Å². The Morgan fingerprint density at radius 3 is 0.650 bits per heavy atom. The minimum Gasteiger partial charge on any atom is -0.223 e. The van der Waals surface area contributed by atoms with Crippen molar-refractivity contribution in [1.82, 2.24) is 0 Å². The molecule has 0 aromatic heterocycles. The Morgan fingerprint density at radius 2 is 0.475 bits per heavy atom. The first-order chi connectivity index (χ1) is 19.6. The zero-order chi connectivity index (χ0) is 28.8. The average molecular weight is 547 g/mol. The Kier molecular flexibility index (Phi) is 11.3. The molecule has 0 N–H and O–H groups in total. The SMILES string of the molecule is CCCc1c(CCC)c(CCC)c2c(c1CCC)C1OOC2c2c(CCC)c(CCC)c(CCC)c(CCC)c21. The average Bonchev–Trinajstić information content (AvgIpc) is 2.95. The number of hydrogen-bond donors (Lipinski definition) is 0. The molecule has 2 bridgehead atoms. The number of hydrogen-bond acceptors (Lipinski definition) is 2. The van der Waals surface area contributed by atoms with E-state index >= 15 is 0 Å². The van der Waals surface area contributed by atoms with Crippen molar-refractivity contribution in [2.75, 3.05) is 0 Å². The molecule has 2 nitrogen and oxygen atoms in total. The molecule has 2 heterocycles. The van der Waals surface area contributed by atoms with Crippen LogP contribution in [0.25, 0.3) is 0 Å². The van der Waals surface area contributed by atoms with Crippen LogP contribution in [0.4, 0.5) is 0 Å². The molecule has 0 unspecified atom stereocenters. The lowest BCUT2D eigenvalue weighted by atomic mass is 9.67. The summed E-state index contributed by atoms with van der Waals surface area (Å²) in [6.45, 7) is 18.8. The molecule has 0 atom stereocenters. The predicted octanol–water partition coefficient (Wildman–Crippen LogP) is 10.8. The highest BCUT2D eigenvalue weighted by Gasteiger charge is 2.47. The summed E-state index contributed by atoms with van der Waals surface area (Å²) in [6.07, 6.45) is 18.6. The van der Waals surface area contributed by atoms with Gasteiger partial charge >= 0.3 is 0 Å². The first kappa shape index (κ1) is 31.3.